The molecule has 0 aromatic heterocycles. The van der Waals surface area contributed by atoms with Crippen LogP contribution in [0.3, 0.4) is 0 Å². The van der Waals surface area contributed by atoms with Crippen LogP contribution in [-0.4, -0.2) is 21.9 Å². The molecule has 0 aliphatic carbocycles. The molecule has 0 heterocycles. The first-order chi connectivity index (χ1) is 12.5. The highest BCUT2D eigenvalue weighted by atomic mass is 32.2. The van der Waals surface area contributed by atoms with Gasteiger partial charge in [-0.2, -0.15) is 13.2 Å². The van der Waals surface area contributed by atoms with Gasteiger partial charge in [0.2, 0.25) is 0 Å². The Labute approximate surface area is 168 Å². The Kier molecular flexibility index (Phi) is 7.64. The van der Waals surface area contributed by atoms with Crippen LogP contribution in [0, 0.1) is 5.41 Å². The molecule has 0 bridgehead atoms. The van der Waals surface area contributed by atoms with E-state index in [-0.39, 0.29) is 13.0 Å². The Morgan fingerprint density at radius 1 is 1.07 bits per heavy atom. The second-order valence-corrected chi connectivity index (χ2v) is 11.0. The summed E-state index contributed by atoms with van der Waals surface area (Å²) in [4.78, 5) is 12.0. The molecule has 160 valence electrons. The zero-order chi connectivity index (χ0) is 22.0. The van der Waals surface area contributed by atoms with Gasteiger partial charge in [0.05, 0.1) is 23.1 Å². The largest absolute Gasteiger partial charge is 0.598 e. The van der Waals surface area contributed by atoms with E-state index in [9.17, 15) is 22.5 Å². The van der Waals surface area contributed by atoms with E-state index in [1.165, 1.54) is 6.07 Å². The summed E-state index contributed by atoms with van der Waals surface area (Å²) < 4.78 is 59.7. The van der Waals surface area contributed by atoms with Crippen LogP contribution < -0.4 is 4.72 Å². The zero-order valence-corrected chi connectivity index (χ0v) is 18.3. The Morgan fingerprint density at radius 2 is 1.61 bits per heavy atom. The second-order valence-electron chi connectivity index (χ2n) is 9.03. The van der Waals surface area contributed by atoms with Crippen molar-refractivity contribution in [1.29, 1.82) is 0 Å². The van der Waals surface area contributed by atoms with E-state index in [0.29, 0.717) is 5.56 Å². The number of halogens is 3. The van der Waals surface area contributed by atoms with Gasteiger partial charge in [0, 0.05) is 17.8 Å². The number of alkyl halides is 3. The highest BCUT2D eigenvalue weighted by Gasteiger charge is 2.39. The van der Waals surface area contributed by atoms with Gasteiger partial charge in [0.1, 0.15) is 4.75 Å². The lowest BCUT2D eigenvalue weighted by molar-refractivity contribution is -0.153. The van der Waals surface area contributed by atoms with E-state index < -0.39 is 44.8 Å². The van der Waals surface area contributed by atoms with Gasteiger partial charge in [-0.15, -0.1) is 4.72 Å². The summed E-state index contributed by atoms with van der Waals surface area (Å²) in [6, 6.07) is 4.90. The standard InChI is InChI=1S/C20H30F3NO3S/c1-17(2,3)16(25)27-12-11-19(7,24-28(26)18(4,5)6)14-9-8-10-15(13-14)20(21,22)23/h8-10,13,24H,11-12H2,1-7H3. The predicted molar refractivity (Wildman–Crippen MR) is 105 cm³/mol. The van der Waals surface area contributed by atoms with Crippen LogP contribution in [0.4, 0.5) is 13.2 Å². The third kappa shape index (κ3) is 6.97. The molecule has 1 rings (SSSR count). The van der Waals surface area contributed by atoms with Gasteiger partial charge in [0.15, 0.2) is 0 Å². The number of benzene rings is 1. The molecule has 1 aromatic carbocycles. The summed E-state index contributed by atoms with van der Waals surface area (Å²) in [5, 5.41) is 0. The molecule has 0 aliphatic rings. The topological polar surface area (TPSA) is 61.4 Å². The Hall–Kier alpha value is -1.25. The predicted octanol–water partition coefficient (Wildman–Crippen LogP) is 4.95. The molecule has 0 saturated heterocycles. The summed E-state index contributed by atoms with van der Waals surface area (Å²) in [5.41, 5.74) is -2.23. The molecule has 0 amide bonds. The lowest BCUT2D eigenvalue weighted by Crippen LogP contribution is -2.50. The second kappa shape index (κ2) is 8.63. The van der Waals surface area contributed by atoms with Crippen molar-refractivity contribution in [2.24, 2.45) is 5.41 Å². The lowest BCUT2D eigenvalue weighted by Gasteiger charge is -2.35. The smallest absolute Gasteiger partial charge is 0.416 e. The number of esters is 1. The fraction of sp³-hybridized carbons (Fsp3) is 0.650. The highest BCUT2D eigenvalue weighted by molar-refractivity contribution is 7.90. The van der Waals surface area contributed by atoms with E-state index in [1.54, 1.807) is 54.5 Å². The molecule has 28 heavy (non-hydrogen) atoms. The molecule has 0 radical (unpaired) electrons. The first kappa shape index (κ1) is 24.8. The Balaban J connectivity index is 3.16. The van der Waals surface area contributed by atoms with Crippen LogP contribution in [0.25, 0.3) is 0 Å². The highest BCUT2D eigenvalue weighted by Crippen LogP contribution is 2.34. The van der Waals surface area contributed by atoms with E-state index in [1.807, 2.05) is 0 Å². The molecule has 0 spiro atoms. The maximum atomic E-state index is 13.1. The molecule has 2 unspecified atom stereocenters. The summed E-state index contributed by atoms with van der Waals surface area (Å²) in [7, 11) is 0. The van der Waals surface area contributed by atoms with Crippen LogP contribution in [0.5, 0.6) is 0 Å². The number of carbonyl (C=O) groups is 1. The molecule has 4 nitrogen and oxygen atoms in total. The van der Waals surface area contributed by atoms with Crippen molar-refractivity contribution in [3.05, 3.63) is 35.4 Å². The third-order valence-electron chi connectivity index (χ3n) is 4.15. The number of hydrogen-bond donors (Lipinski definition) is 1. The summed E-state index contributed by atoms with van der Waals surface area (Å²) in [6.45, 7) is 12.1. The van der Waals surface area contributed by atoms with E-state index in [2.05, 4.69) is 4.72 Å². The number of ether oxygens (including phenoxy) is 1. The maximum Gasteiger partial charge on any atom is 0.416 e. The van der Waals surface area contributed by atoms with Gasteiger partial charge in [-0.05, 0) is 66.2 Å². The number of hydrogen-bond acceptors (Lipinski definition) is 4. The number of nitrogens with one attached hydrogen (secondary N) is 1. The van der Waals surface area contributed by atoms with Crippen LogP contribution in [0.1, 0.15) is 66.0 Å². The minimum absolute atomic E-state index is 0.0167. The average molecular weight is 422 g/mol. The van der Waals surface area contributed by atoms with Crippen LogP contribution in [-0.2, 0) is 32.6 Å². The van der Waals surface area contributed by atoms with Crippen molar-refractivity contribution in [2.45, 2.75) is 71.3 Å². The fourth-order valence-electron chi connectivity index (χ4n) is 2.22. The molecular weight excluding hydrogens is 391 g/mol. The van der Waals surface area contributed by atoms with Crippen molar-refractivity contribution in [3.8, 4) is 0 Å². The molecule has 0 fully saturated rings. The van der Waals surface area contributed by atoms with E-state index >= 15 is 0 Å². The minimum atomic E-state index is -4.49. The van der Waals surface area contributed by atoms with Gasteiger partial charge in [-0.1, -0.05) is 12.1 Å². The normalized spacial score (nSPS) is 16.4. The molecule has 0 aliphatic heterocycles. The van der Waals surface area contributed by atoms with Crippen LogP contribution in [0.2, 0.25) is 0 Å². The van der Waals surface area contributed by atoms with Crippen molar-refractivity contribution >= 4 is 17.3 Å². The van der Waals surface area contributed by atoms with Gasteiger partial charge in [0.25, 0.3) is 0 Å². The van der Waals surface area contributed by atoms with Crippen LogP contribution >= 0.6 is 0 Å². The quantitative estimate of drug-likeness (QED) is 0.521. The van der Waals surface area contributed by atoms with Crippen molar-refractivity contribution in [1.82, 2.24) is 4.72 Å². The summed E-state index contributed by atoms with van der Waals surface area (Å²) in [6.07, 6.45) is -4.32. The zero-order valence-electron chi connectivity index (χ0n) is 17.5. The molecular formula is C20H30F3NO3S. The summed E-state index contributed by atoms with van der Waals surface area (Å²) >= 11 is -1.54. The Morgan fingerprint density at radius 3 is 2.07 bits per heavy atom. The molecule has 8 heteroatoms. The molecule has 1 aromatic rings. The molecule has 2 atom stereocenters. The fourth-order valence-corrected chi connectivity index (χ4v) is 3.15. The molecule has 1 N–H and O–H groups in total. The first-order valence-electron chi connectivity index (χ1n) is 9.01. The van der Waals surface area contributed by atoms with Crippen LogP contribution in [0.15, 0.2) is 24.3 Å². The van der Waals surface area contributed by atoms with Crippen molar-refractivity contribution in [3.63, 3.8) is 0 Å². The number of rotatable bonds is 6. The third-order valence-corrected chi connectivity index (χ3v) is 5.90. The lowest BCUT2D eigenvalue weighted by atomic mass is 9.89. The Bertz CT molecular complexity index is 680. The van der Waals surface area contributed by atoms with E-state index in [0.717, 1.165) is 12.1 Å². The van der Waals surface area contributed by atoms with Gasteiger partial charge in [-0.25, -0.2) is 0 Å². The average Bonchev–Trinajstić information content (AvgIpc) is 2.52. The number of carbonyl (C=O) groups excluding carboxylic acids is 1. The SMILES string of the molecule is CC(C)(C)C(=O)OCCC(C)(N[S+]([O-])C(C)(C)C)c1cccc(C(F)(F)F)c1. The van der Waals surface area contributed by atoms with E-state index in [4.69, 9.17) is 4.74 Å². The minimum Gasteiger partial charge on any atom is -0.598 e. The van der Waals surface area contributed by atoms with Crippen molar-refractivity contribution in [2.75, 3.05) is 6.61 Å². The van der Waals surface area contributed by atoms with Gasteiger partial charge < -0.3 is 9.29 Å². The van der Waals surface area contributed by atoms with Gasteiger partial charge >= 0.3 is 12.1 Å². The maximum absolute atomic E-state index is 13.1. The van der Waals surface area contributed by atoms with Gasteiger partial charge in [-0.3, -0.25) is 4.79 Å². The molecule has 0 saturated carbocycles. The first-order valence-corrected chi connectivity index (χ1v) is 10.2. The summed E-state index contributed by atoms with van der Waals surface area (Å²) in [5.74, 6) is -0.407. The van der Waals surface area contributed by atoms with Crippen molar-refractivity contribution < 1.29 is 27.3 Å². The monoisotopic (exact) mass is 421 g/mol.